The van der Waals surface area contributed by atoms with Crippen LogP contribution < -0.4 is 4.72 Å². The standard InChI is InChI=1S/C26H36N4OS/c1-18(2)16-24-25(19(3)30(8)27-24)28-32(31)23-14-12-20(13-15-23)21-10-9-11-22(17-21)26(4,5)29(6)7/h9-15,17-18,28H,16H2,1-8H3. The van der Waals surface area contributed by atoms with E-state index in [2.05, 4.69) is 80.8 Å². The minimum absolute atomic E-state index is 0.0589. The fourth-order valence-corrected chi connectivity index (χ4v) is 4.55. The molecule has 0 fully saturated rings. The van der Waals surface area contributed by atoms with Crippen LogP contribution in [0.25, 0.3) is 11.1 Å². The smallest absolute Gasteiger partial charge is 0.150 e. The zero-order valence-electron chi connectivity index (χ0n) is 20.6. The molecule has 6 heteroatoms. The number of aryl methyl sites for hydroxylation is 1. The van der Waals surface area contributed by atoms with Gasteiger partial charge in [0.15, 0.2) is 0 Å². The maximum Gasteiger partial charge on any atom is 0.150 e. The Labute approximate surface area is 195 Å². The first kappa shape index (κ1) is 24.2. The van der Waals surface area contributed by atoms with Gasteiger partial charge in [0, 0.05) is 12.6 Å². The van der Waals surface area contributed by atoms with Crippen molar-refractivity contribution >= 4 is 16.7 Å². The summed E-state index contributed by atoms with van der Waals surface area (Å²) < 4.78 is 18.1. The SMILES string of the molecule is Cc1c(NS(=O)c2ccc(-c3cccc(C(C)(C)N(C)C)c3)cc2)c(CC(C)C)nn1C. The van der Waals surface area contributed by atoms with E-state index in [1.807, 2.05) is 42.9 Å². The highest BCUT2D eigenvalue weighted by Gasteiger charge is 2.23. The number of hydrogen-bond donors (Lipinski definition) is 1. The number of rotatable bonds is 8. The molecule has 0 saturated heterocycles. The normalized spacial score (nSPS) is 13.1. The van der Waals surface area contributed by atoms with Crippen LogP contribution in [0, 0.1) is 12.8 Å². The van der Waals surface area contributed by atoms with Crippen molar-refractivity contribution in [3.8, 4) is 11.1 Å². The van der Waals surface area contributed by atoms with E-state index in [-0.39, 0.29) is 5.54 Å². The number of benzene rings is 2. The van der Waals surface area contributed by atoms with Gasteiger partial charge in [-0.15, -0.1) is 0 Å². The summed E-state index contributed by atoms with van der Waals surface area (Å²) in [4.78, 5) is 2.97. The average Bonchev–Trinajstić information content (AvgIpc) is 3.00. The summed E-state index contributed by atoms with van der Waals surface area (Å²) in [6.07, 6.45) is 0.847. The summed E-state index contributed by atoms with van der Waals surface area (Å²) in [5.74, 6) is 0.478. The first-order valence-electron chi connectivity index (χ1n) is 11.1. The summed E-state index contributed by atoms with van der Waals surface area (Å²) in [6.45, 7) is 10.8. The van der Waals surface area contributed by atoms with E-state index in [1.54, 1.807) is 0 Å². The molecule has 0 amide bonds. The molecule has 32 heavy (non-hydrogen) atoms. The largest absolute Gasteiger partial charge is 0.300 e. The van der Waals surface area contributed by atoms with Crippen LogP contribution in [0.5, 0.6) is 0 Å². The number of aromatic nitrogens is 2. The lowest BCUT2D eigenvalue weighted by molar-refractivity contribution is 0.198. The van der Waals surface area contributed by atoms with Crippen LogP contribution in [0.1, 0.15) is 44.6 Å². The minimum Gasteiger partial charge on any atom is -0.300 e. The van der Waals surface area contributed by atoms with Crippen molar-refractivity contribution < 1.29 is 4.21 Å². The van der Waals surface area contributed by atoms with Crippen molar-refractivity contribution in [2.75, 3.05) is 18.8 Å². The Bertz CT molecular complexity index is 1100. The van der Waals surface area contributed by atoms with Crippen LogP contribution in [0.15, 0.2) is 53.4 Å². The number of hydrogen-bond acceptors (Lipinski definition) is 3. The zero-order valence-corrected chi connectivity index (χ0v) is 21.4. The maximum absolute atomic E-state index is 13.1. The van der Waals surface area contributed by atoms with Gasteiger partial charge >= 0.3 is 0 Å². The van der Waals surface area contributed by atoms with E-state index in [9.17, 15) is 4.21 Å². The second-order valence-electron chi connectivity index (χ2n) is 9.56. The molecule has 1 aromatic heterocycles. The van der Waals surface area contributed by atoms with E-state index >= 15 is 0 Å². The van der Waals surface area contributed by atoms with Crippen LogP contribution >= 0.6 is 0 Å². The third-order valence-electron chi connectivity index (χ3n) is 6.29. The summed E-state index contributed by atoms with van der Waals surface area (Å²) in [7, 11) is 4.76. The molecule has 1 heterocycles. The van der Waals surface area contributed by atoms with Crippen molar-refractivity contribution in [3.63, 3.8) is 0 Å². The Morgan fingerprint density at radius 3 is 2.34 bits per heavy atom. The van der Waals surface area contributed by atoms with Crippen LogP contribution in [-0.4, -0.2) is 33.0 Å². The van der Waals surface area contributed by atoms with Gasteiger partial charge in [-0.25, -0.2) is 4.21 Å². The summed E-state index contributed by atoms with van der Waals surface area (Å²) in [5, 5.41) is 4.61. The van der Waals surface area contributed by atoms with Gasteiger partial charge in [-0.1, -0.05) is 44.2 Å². The molecule has 0 aliphatic rings. The van der Waals surface area contributed by atoms with Gasteiger partial charge in [-0.05, 0) is 82.1 Å². The molecule has 0 aliphatic carbocycles. The Morgan fingerprint density at radius 1 is 1.09 bits per heavy atom. The molecule has 172 valence electrons. The van der Waals surface area contributed by atoms with Gasteiger partial charge in [0.05, 0.1) is 22.0 Å². The molecule has 1 N–H and O–H groups in total. The molecular weight excluding hydrogens is 416 g/mol. The van der Waals surface area contributed by atoms with Crippen molar-refractivity contribution in [2.45, 2.75) is 51.5 Å². The molecule has 0 spiro atoms. The highest BCUT2D eigenvalue weighted by atomic mass is 32.2. The predicted molar refractivity (Wildman–Crippen MR) is 135 cm³/mol. The molecule has 0 radical (unpaired) electrons. The topological polar surface area (TPSA) is 50.2 Å². The molecule has 1 atom stereocenters. The van der Waals surface area contributed by atoms with Gasteiger partial charge in [0.2, 0.25) is 0 Å². The quantitative estimate of drug-likeness (QED) is 0.489. The van der Waals surface area contributed by atoms with Gasteiger partial charge < -0.3 is 4.90 Å². The Hall–Kier alpha value is -2.44. The van der Waals surface area contributed by atoms with E-state index in [0.29, 0.717) is 5.92 Å². The van der Waals surface area contributed by atoms with Gasteiger partial charge in [-0.3, -0.25) is 9.40 Å². The Morgan fingerprint density at radius 2 is 1.75 bits per heavy atom. The Kier molecular flexibility index (Phi) is 7.25. The molecule has 0 saturated carbocycles. The molecule has 2 aromatic carbocycles. The second kappa shape index (κ2) is 9.59. The summed E-state index contributed by atoms with van der Waals surface area (Å²) >= 11 is 0. The van der Waals surface area contributed by atoms with Crippen LogP contribution in [-0.2, 0) is 30.0 Å². The molecule has 1 unspecified atom stereocenters. The highest BCUT2D eigenvalue weighted by Crippen LogP contribution is 2.30. The van der Waals surface area contributed by atoms with Gasteiger partial charge in [0.25, 0.3) is 0 Å². The minimum atomic E-state index is -1.36. The summed E-state index contributed by atoms with van der Waals surface area (Å²) in [6, 6.07) is 16.6. The van der Waals surface area contributed by atoms with Gasteiger partial charge in [0.1, 0.15) is 11.0 Å². The first-order chi connectivity index (χ1) is 15.0. The van der Waals surface area contributed by atoms with E-state index < -0.39 is 11.0 Å². The van der Waals surface area contributed by atoms with Crippen LogP contribution in [0.4, 0.5) is 5.69 Å². The van der Waals surface area contributed by atoms with E-state index in [0.717, 1.165) is 39.5 Å². The first-order valence-corrected chi connectivity index (χ1v) is 12.2. The monoisotopic (exact) mass is 452 g/mol. The van der Waals surface area contributed by atoms with Crippen LogP contribution in [0.3, 0.4) is 0 Å². The second-order valence-corrected chi connectivity index (χ2v) is 10.8. The van der Waals surface area contributed by atoms with Crippen molar-refractivity contribution in [2.24, 2.45) is 13.0 Å². The third kappa shape index (κ3) is 5.13. The number of nitrogens with zero attached hydrogens (tertiary/aromatic N) is 3. The fraction of sp³-hybridized carbons (Fsp3) is 0.423. The molecule has 0 aliphatic heterocycles. The predicted octanol–water partition coefficient (Wildman–Crippen LogP) is 5.53. The van der Waals surface area contributed by atoms with Crippen molar-refractivity contribution in [1.82, 2.24) is 14.7 Å². The highest BCUT2D eigenvalue weighted by molar-refractivity contribution is 7.86. The van der Waals surface area contributed by atoms with Crippen molar-refractivity contribution in [3.05, 3.63) is 65.5 Å². The van der Waals surface area contributed by atoms with E-state index in [1.165, 1.54) is 5.56 Å². The summed E-state index contributed by atoms with van der Waals surface area (Å²) in [5.41, 5.74) is 6.30. The number of nitrogens with one attached hydrogen (secondary N) is 1. The average molecular weight is 453 g/mol. The van der Waals surface area contributed by atoms with Gasteiger partial charge in [-0.2, -0.15) is 5.10 Å². The molecular formula is C26H36N4OS. The number of anilines is 1. The third-order valence-corrected chi connectivity index (χ3v) is 7.38. The lowest BCUT2D eigenvalue weighted by Crippen LogP contribution is -2.35. The molecule has 3 aromatic rings. The lowest BCUT2D eigenvalue weighted by atomic mass is 9.90. The zero-order chi connectivity index (χ0) is 23.6. The maximum atomic E-state index is 13.1. The molecule has 0 bridgehead atoms. The fourth-order valence-electron chi connectivity index (χ4n) is 3.60. The Balaban J connectivity index is 1.82. The van der Waals surface area contributed by atoms with Crippen LogP contribution in [0.2, 0.25) is 0 Å². The lowest BCUT2D eigenvalue weighted by Gasteiger charge is -2.33. The van der Waals surface area contributed by atoms with E-state index in [4.69, 9.17) is 0 Å². The molecule has 5 nitrogen and oxygen atoms in total. The van der Waals surface area contributed by atoms with Crippen molar-refractivity contribution in [1.29, 1.82) is 0 Å². The molecule has 3 rings (SSSR count).